The van der Waals surface area contributed by atoms with Crippen molar-refractivity contribution in [3.63, 3.8) is 0 Å². The van der Waals surface area contributed by atoms with Crippen LogP contribution in [0.5, 0.6) is 0 Å². The van der Waals surface area contributed by atoms with Gasteiger partial charge in [0, 0.05) is 7.05 Å². The minimum Gasteiger partial charge on any atom is -0.369 e. The van der Waals surface area contributed by atoms with Gasteiger partial charge in [-0.3, -0.25) is 9.25 Å². The van der Waals surface area contributed by atoms with Crippen molar-refractivity contribution in [1.29, 1.82) is 0 Å². The molecule has 6 heteroatoms. The summed E-state index contributed by atoms with van der Waals surface area (Å²) < 4.78 is 17.0. The maximum atomic E-state index is 13.3. The van der Waals surface area contributed by atoms with Gasteiger partial charge in [-0.1, -0.05) is 25.5 Å². The highest BCUT2D eigenvalue weighted by Gasteiger charge is 2.17. The molecular weight excluding hydrogens is 269 g/mol. The van der Waals surface area contributed by atoms with Crippen LogP contribution in [0.1, 0.15) is 24.6 Å². The highest BCUT2D eigenvalue weighted by molar-refractivity contribution is 5.77. The van der Waals surface area contributed by atoms with Crippen molar-refractivity contribution >= 4 is 17.1 Å². The summed E-state index contributed by atoms with van der Waals surface area (Å²) in [4.78, 5) is 4.43. The lowest BCUT2D eigenvalue weighted by molar-refractivity contribution is 0.623. The molecule has 2 N–H and O–H groups in total. The standard InChI is InChI=1S/C15H18FN5/c1-3-5-12-13-14(20(2)19-12)21(15(17)18-13)9-10-6-4-7-11(16)8-10/h4,6-8H,3,5,9H2,1-2H3,(H2,17,18). The van der Waals surface area contributed by atoms with E-state index in [1.54, 1.807) is 10.7 Å². The van der Waals surface area contributed by atoms with Gasteiger partial charge < -0.3 is 5.73 Å². The van der Waals surface area contributed by atoms with E-state index in [9.17, 15) is 4.39 Å². The van der Waals surface area contributed by atoms with E-state index in [0.29, 0.717) is 12.5 Å². The maximum Gasteiger partial charge on any atom is 0.202 e. The third-order valence-electron chi connectivity index (χ3n) is 3.54. The van der Waals surface area contributed by atoms with Crippen molar-refractivity contribution in [3.8, 4) is 0 Å². The molecule has 0 saturated carbocycles. The van der Waals surface area contributed by atoms with Gasteiger partial charge in [-0.15, -0.1) is 0 Å². The van der Waals surface area contributed by atoms with E-state index in [1.807, 2.05) is 17.7 Å². The quantitative estimate of drug-likeness (QED) is 0.802. The van der Waals surface area contributed by atoms with Crippen LogP contribution in [0.3, 0.4) is 0 Å². The van der Waals surface area contributed by atoms with E-state index < -0.39 is 0 Å². The van der Waals surface area contributed by atoms with Crippen LogP contribution >= 0.6 is 0 Å². The Labute approximate surface area is 122 Å². The fourth-order valence-corrected chi connectivity index (χ4v) is 2.64. The zero-order chi connectivity index (χ0) is 15.0. The van der Waals surface area contributed by atoms with Crippen molar-refractivity contribution in [1.82, 2.24) is 19.3 Å². The average Bonchev–Trinajstić information content (AvgIpc) is 2.90. The monoisotopic (exact) mass is 287 g/mol. The molecule has 1 aromatic carbocycles. The Bertz CT molecular complexity index is 787. The van der Waals surface area contributed by atoms with E-state index in [2.05, 4.69) is 17.0 Å². The van der Waals surface area contributed by atoms with Crippen molar-refractivity contribution in [2.45, 2.75) is 26.3 Å². The molecule has 5 nitrogen and oxygen atoms in total. The zero-order valence-electron chi connectivity index (χ0n) is 12.2. The van der Waals surface area contributed by atoms with Gasteiger partial charge in [0.25, 0.3) is 0 Å². The molecule has 0 atom stereocenters. The Morgan fingerprint density at radius 3 is 2.86 bits per heavy atom. The van der Waals surface area contributed by atoms with Crippen molar-refractivity contribution in [3.05, 3.63) is 41.3 Å². The summed E-state index contributed by atoms with van der Waals surface area (Å²) in [7, 11) is 1.88. The number of rotatable bonds is 4. The van der Waals surface area contributed by atoms with Gasteiger partial charge in [-0.05, 0) is 24.1 Å². The predicted molar refractivity (Wildman–Crippen MR) is 80.4 cm³/mol. The fourth-order valence-electron chi connectivity index (χ4n) is 2.64. The molecule has 2 heterocycles. The third-order valence-corrected chi connectivity index (χ3v) is 3.54. The van der Waals surface area contributed by atoms with Crippen LogP contribution in [0.4, 0.5) is 10.3 Å². The van der Waals surface area contributed by atoms with Crippen LogP contribution in [-0.4, -0.2) is 19.3 Å². The number of hydrogen-bond donors (Lipinski definition) is 1. The summed E-state index contributed by atoms with van der Waals surface area (Å²) >= 11 is 0. The molecule has 3 aromatic rings. The van der Waals surface area contributed by atoms with Crippen LogP contribution in [0.2, 0.25) is 0 Å². The number of hydrogen-bond acceptors (Lipinski definition) is 3. The first-order valence-electron chi connectivity index (χ1n) is 7.02. The van der Waals surface area contributed by atoms with Gasteiger partial charge in [0.05, 0.1) is 12.2 Å². The normalized spacial score (nSPS) is 11.4. The Morgan fingerprint density at radius 1 is 1.33 bits per heavy atom. The van der Waals surface area contributed by atoms with Gasteiger partial charge in [-0.2, -0.15) is 5.10 Å². The van der Waals surface area contributed by atoms with Gasteiger partial charge >= 0.3 is 0 Å². The molecule has 0 saturated heterocycles. The minimum absolute atomic E-state index is 0.251. The highest BCUT2D eigenvalue weighted by atomic mass is 19.1. The van der Waals surface area contributed by atoms with Gasteiger partial charge in [0.15, 0.2) is 5.65 Å². The first-order valence-corrected chi connectivity index (χ1v) is 7.02. The highest BCUT2D eigenvalue weighted by Crippen LogP contribution is 2.23. The molecule has 0 aliphatic heterocycles. The number of anilines is 1. The van der Waals surface area contributed by atoms with Crippen LogP contribution in [-0.2, 0) is 20.0 Å². The molecule has 0 spiro atoms. The molecule has 0 bridgehead atoms. The molecule has 110 valence electrons. The SMILES string of the molecule is CCCc1nn(C)c2c1nc(N)n2Cc1cccc(F)c1. The van der Waals surface area contributed by atoms with Crippen molar-refractivity contribution < 1.29 is 4.39 Å². The van der Waals surface area contributed by atoms with Crippen LogP contribution in [0.15, 0.2) is 24.3 Å². The number of nitrogen functional groups attached to an aromatic ring is 1. The summed E-state index contributed by atoms with van der Waals surface area (Å²) in [6.45, 7) is 2.58. The average molecular weight is 287 g/mol. The lowest BCUT2D eigenvalue weighted by atomic mass is 10.2. The van der Waals surface area contributed by atoms with Gasteiger partial charge in [0.1, 0.15) is 11.3 Å². The summed E-state index contributed by atoms with van der Waals surface area (Å²) in [5, 5.41) is 4.50. The summed E-state index contributed by atoms with van der Waals surface area (Å²) in [6.07, 6.45) is 1.87. The lowest BCUT2D eigenvalue weighted by Crippen LogP contribution is -2.08. The molecular formula is C15H18FN5. The predicted octanol–water partition coefficient (Wildman–Crippen LogP) is 2.49. The van der Waals surface area contributed by atoms with E-state index in [0.717, 1.165) is 35.3 Å². The van der Waals surface area contributed by atoms with Crippen molar-refractivity contribution in [2.24, 2.45) is 7.05 Å². The van der Waals surface area contributed by atoms with Gasteiger partial charge in [-0.25, -0.2) is 9.37 Å². The summed E-state index contributed by atoms with van der Waals surface area (Å²) in [5.41, 5.74) is 9.56. The number of halogens is 1. The first-order chi connectivity index (χ1) is 10.1. The smallest absolute Gasteiger partial charge is 0.202 e. The molecule has 0 aliphatic carbocycles. The number of benzene rings is 1. The molecule has 2 aromatic heterocycles. The zero-order valence-corrected chi connectivity index (χ0v) is 12.2. The van der Waals surface area contributed by atoms with Gasteiger partial charge in [0.2, 0.25) is 5.95 Å². The Hall–Kier alpha value is -2.37. The summed E-state index contributed by atoms with van der Waals surface area (Å²) in [5.74, 6) is 0.179. The number of fused-ring (bicyclic) bond motifs is 1. The lowest BCUT2D eigenvalue weighted by Gasteiger charge is -2.07. The Kier molecular flexibility index (Phi) is 3.37. The third kappa shape index (κ3) is 2.37. The van der Waals surface area contributed by atoms with Crippen LogP contribution in [0, 0.1) is 5.82 Å². The Morgan fingerprint density at radius 2 is 2.14 bits per heavy atom. The number of nitrogens with zero attached hydrogens (tertiary/aromatic N) is 4. The molecule has 0 fully saturated rings. The van der Waals surface area contributed by atoms with Crippen LogP contribution in [0.25, 0.3) is 11.2 Å². The fraction of sp³-hybridized carbons (Fsp3) is 0.333. The Balaban J connectivity index is 2.08. The number of nitrogens with two attached hydrogens (primary N) is 1. The second-order valence-electron chi connectivity index (χ2n) is 5.18. The molecule has 0 aliphatic rings. The first kappa shape index (κ1) is 13.6. The van der Waals surface area contributed by atoms with E-state index in [4.69, 9.17) is 5.73 Å². The molecule has 21 heavy (non-hydrogen) atoms. The molecule has 0 radical (unpaired) electrons. The maximum absolute atomic E-state index is 13.3. The van der Waals surface area contributed by atoms with E-state index >= 15 is 0 Å². The van der Waals surface area contributed by atoms with Crippen LogP contribution < -0.4 is 5.73 Å². The van der Waals surface area contributed by atoms with E-state index in [-0.39, 0.29) is 5.82 Å². The summed E-state index contributed by atoms with van der Waals surface area (Å²) in [6, 6.07) is 6.51. The number of imidazole rings is 1. The number of aromatic nitrogens is 4. The minimum atomic E-state index is -0.251. The largest absolute Gasteiger partial charge is 0.369 e. The molecule has 0 amide bonds. The molecule has 3 rings (SSSR count). The molecule has 0 unspecified atom stereocenters. The van der Waals surface area contributed by atoms with Crippen molar-refractivity contribution in [2.75, 3.05) is 5.73 Å². The number of aryl methyl sites for hydroxylation is 2. The topological polar surface area (TPSA) is 61.7 Å². The van der Waals surface area contributed by atoms with E-state index in [1.165, 1.54) is 12.1 Å². The second kappa shape index (κ2) is 5.20. The second-order valence-corrected chi connectivity index (χ2v) is 5.18.